The van der Waals surface area contributed by atoms with Gasteiger partial charge in [0.15, 0.2) is 0 Å². The second kappa shape index (κ2) is 5.06. The lowest BCUT2D eigenvalue weighted by atomic mass is 10.0. The number of carbonyl (C=O) groups is 1. The van der Waals surface area contributed by atoms with Crippen molar-refractivity contribution in [1.29, 1.82) is 0 Å². The van der Waals surface area contributed by atoms with E-state index in [9.17, 15) is 4.79 Å². The van der Waals surface area contributed by atoms with Gasteiger partial charge in [-0.2, -0.15) is 0 Å². The molecule has 2 unspecified atom stereocenters. The maximum absolute atomic E-state index is 12.0. The van der Waals surface area contributed by atoms with Crippen LogP contribution in [0.15, 0.2) is 22.7 Å². The summed E-state index contributed by atoms with van der Waals surface area (Å²) >= 11 is 3.37. The minimum Gasteiger partial charge on any atom is -0.399 e. The number of halogens is 1. The number of hydrogen-bond acceptors (Lipinski definition) is 3. The average Bonchev–Trinajstić information content (AvgIpc) is 2.68. The first-order valence-electron chi connectivity index (χ1n) is 5.55. The number of benzene rings is 1. The molecule has 2 atom stereocenters. The van der Waals surface area contributed by atoms with E-state index in [1.807, 2.05) is 6.92 Å². The average molecular weight is 299 g/mol. The fraction of sp³-hybridized carbons (Fsp3) is 0.417. The first-order chi connectivity index (χ1) is 8.08. The zero-order valence-electron chi connectivity index (χ0n) is 9.57. The van der Waals surface area contributed by atoms with Crippen LogP contribution in [0, 0.1) is 5.92 Å². The van der Waals surface area contributed by atoms with Crippen LogP contribution in [-0.2, 0) is 9.53 Å². The minimum absolute atomic E-state index is 0.000437. The monoisotopic (exact) mass is 298 g/mol. The summed E-state index contributed by atoms with van der Waals surface area (Å²) in [6, 6.07) is 5.32. The fourth-order valence-corrected chi connectivity index (χ4v) is 2.43. The predicted molar refractivity (Wildman–Crippen MR) is 70.7 cm³/mol. The summed E-state index contributed by atoms with van der Waals surface area (Å²) in [6.07, 6.45) is 0.766. The summed E-state index contributed by atoms with van der Waals surface area (Å²) < 4.78 is 6.17. The molecule has 0 aromatic heterocycles. The van der Waals surface area contributed by atoms with Crippen LogP contribution in [-0.4, -0.2) is 18.6 Å². The van der Waals surface area contributed by atoms with Crippen molar-refractivity contribution in [2.45, 2.75) is 19.4 Å². The standard InChI is InChI=1S/C12H15BrN2O2/c1-7-9(4-5-17-7)12(16)15-11-3-2-8(14)6-10(11)13/h2-3,6-7,9H,4-5,14H2,1H3,(H,15,16). The van der Waals surface area contributed by atoms with Gasteiger partial charge < -0.3 is 15.8 Å². The van der Waals surface area contributed by atoms with Crippen molar-refractivity contribution in [3.8, 4) is 0 Å². The molecule has 1 fully saturated rings. The van der Waals surface area contributed by atoms with Crippen LogP contribution in [0.2, 0.25) is 0 Å². The number of ether oxygens (including phenoxy) is 1. The molecule has 0 aliphatic carbocycles. The van der Waals surface area contributed by atoms with Crippen molar-refractivity contribution in [3.05, 3.63) is 22.7 Å². The van der Waals surface area contributed by atoms with Gasteiger partial charge in [-0.05, 0) is 47.5 Å². The van der Waals surface area contributed by atoms with Crippen molar-refractivity contribution in [2.75, 3.05) is 17.7 Å². The van der Waals surface area contributed by atoms with Crippen molar-refractivity contribution >= 4 is 33.2 Å². The summed E-state index contributed by atoms with van der Waals surface area (Å²) in [6.45, 7) is 2.58. The van der Waals surface area contributed by atoms with Crippen LogP contribution in [0.1, 0.15) is 13.3 Å². The Hall–Kier alpha value is -1.07. The smallest absolute Gasteiger partial charge is 0.230 e. The Labute approximate surface area is 109 Å². The van der Waals surface area contributed by atoms with Crippen LogP contribution in [0.5, 0.6) is 0 Å². The third-order valence-corrected chi connectivity index (χ3v) is 3.62. The maximum atomic E-state index is 12.0. The fourth-order valence-electron chi connectivity index (χ4n) is 1.93. The number of amides is 1. The lowest BCUT2D eigenvalue weighted by Crippen LogP contribution is -2.27. The number of hydrogen-bond donors (Lipinski definition) is 2. The third-order valence-electron chi connectivity index (χ3n) is 2.96. The number of nitrogens with two attached hydrogens (primary N) is 1. The van der Waals surface area contributed by atoms with E-state index in [0.717, 1.165) is 16.6 Å². The molecule has 0 saturated carbocycles. The van der Waals surface area contributed by atoms with Crippen molar-refractivity contribution in [3.63, 3.8) is 0 Å². The van der Waals surface area contributed by atoms with E-state index in [1.54, 1.807) is 18.2 Å². The van der Waals surface area contributed by atoms with Crippen LogP contribution in [0.4, 0.5) is 11.4 Å². The SMILES string of the molecule is CC1OCCC1C(=O)Nc1ccc(N)cc1Br. The van der Waals surface area contributed by atoms with Gasteiger partial charge in [-0.15, -0.1) is 0 Å². The summed E-state index contributed by atoms with van der Waals surface area (Å²) in [5, 5.41) is 2.89. The van der Waals surface area contributed by atoms with Crippen LogP contribution < -0.4 is 11.1 Å². The Balaban J connectivity index is 2.07. The molecule has 1 heterocycles. The number of anilines is 2. The van der Waals surface area contributed by atoms with E-state index in [-0.39, 0.29) is 17.9 Å². The number of carbonyl (C=O) groups excluding carboxylic acids is 1. The lowest BCUT2D eigenvalue weighted by molar-refractivity contribution is -0.121. The van der Waals surface area contributed by atoms with Gasteiger partial charge in [0.25, 0.3) is 0 Å². The van der Waals surface area contributed by atoms with E-state index in [0.29, 0.717) is 12.3 Å². The molecule has 4 nitrogen and oxygen atoms in total. The molecule has 0 spiro atoms. The van der Waals surface area contributed by atoms with Gasteiger partial charge in [0, 0.05) is 16.8 Å². The predicted octanol–water partition coefficient (Wildman–Crippen LogP) is 2.39. The van der Waals surface area contributed by atoms with Gasteiger partial charge in [-0.3, -0.25) is 4.79 Å². The first-order valence-corrected chi connectivity index (χ1v) is 6.34. The normalized spacial score (nSPS) is 23.6. The highest BCUT2D eigenvalue weighted by Gasteiger charge is 2.30. The molecule has 17 heavy (non-hydrogen) atoms. The van der Waals surface area contributed by atoms with E-state index < -0.39 is 0 Å². The zero-order chi connectivity index (χ0) is 12.4. The van der Waals surface area contributed by atoms with E-state index in [4.69, 9.17) is 10.5 Å². The van der Waals surface area contributed by atoms with E-state index in [2.05, 4.69) is 21.2 Å². The second-order valence-electron chi connectivity index (χ2n) is 4.20. The Bertz CT molecular complexity index is 437. The van der Waals surface area contributed by atoms with Crippen molar-refractivity contribution in [1.82, 2.24) is 0 Å². The summed E-state index contributed by atoms with van der Waals surface area (Å²) in [5.41, 5.74) is 7.04. The van der Waals surface area contributed by atoms with Gasteiger partial charge in [-0.1, -0.05) is 0 Å². The highest BCUT2D eigenvalue weighted by atomic mass is 79.9. The second-order valence-corrected chi connectivity index (χ2v) is 5.05. The van der Waals surface area contributed by atoms with Gasteiger partial charge in [0.1, 0.15) is 0 Å². The molecule has 2 rings (SSSR count). The molecule has 1 aromatic carbocycles. The molecule has 0 radical (unpaired) electrons. The van der Waals surface area contributed by atoms with E-state index >= 15 is 0 Å². The molecule has 1 saturated heterocycles. The molecule has 1 aliphatic heterocycles. The van der Waals surface area contributed by atoms with Crippen LogP contribution >= 0.6 is 15.9 Å². The number of nitrogen functional groups attached to an aromatic ring is 1. The Morgan fingerprint density at radius 2 is 2.35 bits per heavy atom. The topological polar surface area (TPSA) is 64.3 Å². The van der Waals surface area contributed by atoms with Crippen molar-refractivity contribution in [2.24, 2.45) is 5.92 Å². The Kier molecular flexibility index (Phi) is 3.69. The number of nitrogens with one attached hydrogen (secondary N) is 1. The molecule has 1 amide bonds. The molecule has 5 heteroatoms. The molecular formula is C12H15BrN2O2. The van der Waals surface area contributed by atoms with Gasteiger partial charge in [0.2, 0.25) is 5.91 Å². The third kappa shape index (κ3) is 2.79. The van der Waals surface area contributed by atoms with Gasteiger partial charge in [0.05, 0.1) is 17.7 Å². The summed E-state index contributed by atoms with van der Waals surface area (Å²) in [5.74, 6) is -0.0695. The zero-order valence-corrected chi connectivity index (χ0v) is 11.2. The number of rotatable bonds is 2. The molecule has 3 N–H and O–H groups in total. The summed E-state index contributed by atoms with van der Waals surface area (Å²) in [4.78, 5) is 12.0. The molecule has 1 aromatic rings. The summed E-state index contributed by atoms with van der Waals surface area (Å²) in [7, 11) is 0. The van der Waals surface area contributed by atoms with Crippen LogP contribution in [0.25, 0.3) is 0 Å². The Morgan fingerprint density at radius 1 is 1.59 bits per heavy atom. The largest absolute Gasteiger partial charge is 0.399 e. The molecule has 1 aliphatic rings. The van der Waals surface area contributed by atoms with Gasteiger partial charge in [-0.25, -0.2) is 0 Å². The van der Waals surface area contributed by atoms with Crippen LogP contribution in [0.3, 0.4) is 0 Å². The molecule has 92 valence electrons. The minimum atomic E-state index is -0.0700. The molecule has 0 bridgehead atoms. The quantitative estimate of drug-likeness (QED) is 0.824. The highest BCUT2D eigenvalue weighted by molar-refractivity contribution is 9.10. The lowest BCUT2D eigenvalue weighted by Gasteiger charge is -2.15. The van der Waals surface area contributed by atoms with Crippen molar-refractivity contribution < 1.29 is 9.53 Å². The Morgan fingerprint density at radius 3 is 2.94 bits per heavy atom. The highest BCUT2D eigenvalue weighted by Crippen LogP contribution is 2.27. The van der Waals surface area contributed by atoms with E-state index in [1.165, 1.54) is 0 Å². The molecular weight excluding hydrogens is 284 g/mol. The first kappa shape index (κ1) is 12.4. The maximum Gasteiger partial charge on any atom is 0.230 e. The van der Waals surface area contributed by atoms with Gasteiger partial charge >= 0.3 is 0 Å².